The van der Waals surface area contributed by atoms with Crippen molar-refractivity contribution in [2.75, 3.05) is 0 Å². The van der Waals surface area contributed by atoms with Crippen molar-refractivity contribution in [1.82, 2.24) is 39.7 Å². The van der Waals surface area contributed by atoms with Gasteiger partial charge in [0.15, 0.2) is 35.3 Å². The van der Waals surface area contributed by atoms with E-state index in [0.717, 1.165) is 0 Å². The monoisotopic (exact) mass is 456 g/mol. The molecule has 13 nitrogen and oxygen atoms in total. The summed E-state index contributed by atoms with van der Waals surface area (Å²) >= 11 is 12.0. The van der Waals surface area contributed by atoms with E-state index in [-0.39, 0.29) is 27.4 Å². The van der Waals surface area contributed by atoms with Crippen molar-refractivity contribution >= 4 is 46.3 Å². The molecule has 1 aliphatic rings. The van der Waals surface area contributed by atoms with Crippen LogP contribution >= 0.6 is 23.2 Å². The van der Waals surface area contributed by atoms with E-state index >= 15 is 0 Å². The fourth-order valence-corrected chi connectivity index (χ4v) is 3.59. The summed E-state index contributed by atoms with van der Waals surface area (Å²) in [5, 5.41) is 11.7. The molecule has 1 saturated heterocycles. The van der Waals surface area contributed by atoms with Gasteiger partial charge >= 0.3 is 11.9 Å². The van der Waals surface area contributed by atoms with Crippen molar-refractivity contribution in [2.24, 2.45) is 7.05 Å². The van der Waals surface area contributed by atoms with E-state index in [1.54, 1.807) is 7.05 Å². The zero-order valence-corrected chi connectivity index (χ0v) is 17.3. The highest BCUT2D eigenvalue weighted by Crippen LogP contribution is 2.42. The van der Waals surface area contributed by atoms with Crippen LogP contribution < -0.4 is 0 Å². The molecule has 3 aromatic rings. The van der Waals surface area contributed by atoms with Gasteiger partial charge in [0.1, 0.15) is 5.52 Å². The third-order valence-corrected chi connectivity index (χ3v) is 4.63. The van der Waals surface area contributed by atoms with Crippen LogP contribution in [0.5, 0.6) is 0 Å². The Balaban J connectivity index is 1.83. The van der Waals surface area contributed by atoms with Crippen LogP contribution in [-0.4, -0.2) is 63.9 Å². The van der Waals surface area contributed by atoms with Crippen molar-refractivity contribution in [2.45, 2.75) is 38.4 Å². The number of carbonyl (C=O) groups is 2. The summed E-state index contributed by atoms with van der Waals surface area (Å²) in [6, 6.07) is 0. The molecule has 4 heterocycles. The molecular formula is C15H14Cl2N8O5. The molecular weight excluding hydrogens is 443 g/mol. The average Bonchev–Trinajstić information content (AvgIpc) is 3.33. The number of carbonyl (C=O) groups excluding carboxylic acids is 2. The highest BCUT2D eigenvalue weighted by atomic mass is 35.5. The lowest BCUT2D eigenvalue weighted by atomic mass is 10.1. The van der Waals surface area contributed by atoms with Crippen LogP contribution in [0.4, 0.5) is 0 Å². The van der Waals surface area contributed by atoms with Crippen LogP contribution in [0.3, 0.4) is 0 Å². The number of rotatable bonds is 4. The van der Waals surface area contributed by atoms with Gasteiger partial charge in [-0.25, -0.2) is 9.97 Å². The van der Waals surface area contributed by atoms with E-state index in [0.29, 0.717) is 0 Å². The number of aromatic nitrogens is 8. The molecule has 30 heavy (non-hydrogen) atoms. The summed E-state index contributed by atoms with van der Waals surface area (Å²) in [4.78, 5) is 36.9. The fourth-order valence-electron chi connectivity index (χ4n) is 3.16. The number of fused-ring (bicyclic) bond motifs is 1. The van der Waals surface area contributed by atoms with Gasteiger partial charge in [0.25, 0.3) is 0 Å². The molecule has 4 rings (SSSR count). The smallest absolute Gasteiger partial charge is 0.303 e. The number of esters is 2. The molecule has 0 spiro atoms. The second-order valence-corrected chi connectivity index (χ2v) is 7.04. The Bertz CT molecular complexity index is 1130. The Morgan fingerprint density at radius 3 is 2.47 bits per heavy atom. The molecule has 0 aliphatic carbocycles. The summed E-state index contributed by atoms with van der Waals surface area (Å²) in [7, 11) is 1.57. The van der Waals surface area contributed by atoms with Gasteiger partial charge < -0.3 is 14.2 Å². The highest BCUT2D eigenvalue weighted by Gasteiger charge is 2.53. The summed E-state index contributed by atoms with van der Waals surface area (Å²) < 4.78 is 18.4. The van der Waals surface area contributed by atoms with Gasteiger partial charge in [-0.2, -0.15) is 9.78 Å². The van der Waals surface area contributed by atoms with Crippen molar-refractivity contribution in [3.63, 3.8) is 0 Å². The van der Waals surface area contributed by atoms with Gasteiger partial charge in [0.2, 0.25) is 11.1 Å². The minimum atomic E-state index is -1.08. The molecule has 1 aliphatic heterocycles. The Labute approximate surface area is 178 Å². The van der Waals surface area contributed by atoms with Crippen LogP contribution in [0.1, 0.15) is 32.0 Å². The Hall–Kier alpha value is -2.90. The average molecular weight is 457 g/mol. The molecule has 0 amide bonds. The lowest BCUT2D eigenvalue weighted by Gasteiger charge is -2.23. The number of hydrogen-bond donors (Lipinski definition) is 0. The lowest BCUT2D eigenvalue weighted by molar-refractivity contribution is -0.165. The minimum Gasteiger partial charge on any atom is -0.455 e. The number of ether oxygens (including phenoxy) is 3. The summed E-state index contributed by atoms with van der Waals surface area (Å²) in [6.45, 7) is 2.44. The predicted octanol–water partition coefficient (Wildman–Crippen LogP) is 0.790. The molecule has 4 atom stereocenters. The second-order valence-electron chi connectivity index (χ2n) is 6.34. The zero-order valence-electron chi connectivity index (χ0n) is 15.8. The van der Waals surface area contributed by atoms with E-state index in [2.05, 4.69) is 30.4 Å². The van der Waals surface area contributed by atoms with Gasteiger partial charge in [0, 0.05) is 13.8 Å². The molecule has 0 saturated carbocycles. The van der Waals surface area contributed by atoms with E-state index < -0.39 is 36.5 Å². The van der Waals surface area contributed by atoms with Crippen LogP contribution in [0.25, 0.3) is 11.2 Å². The fraction of sp³-hybridized carbons (Fsp3) is 0.467. The van der Waals surface area contributed by atoms with Gasteiger partial charge in [-0.1, -0.05) is 11.6 Å². The molecule has 158 valence electrons. The summed E-state index contributed by atoms with van der Waals surface area (Å²) in [5.74, 6) is -1.09. The second kappa shape index (κ2) is 7.74. The molecule has 15 heteroatoms. The van der Waals surface area contributed by atoms with Crippen molar-refractivity contribution < 1.29 is 23.8 Å². The third-order valence-electron chi connectivity index (χ3n) is 4.20. The first-order valence-electron chi connectivity index (χ1n) is 8.54. The molecule has 1 fully saturated rings. The quantitative estimate of drug-likeness (QED) is 0.311. The van der Waals surface area contributed by atoms with Crippen molar-refractivity contribution in [3.8, 4) is 0 Å². The molecule has 0 N–H and O–H groups in total. The number of halogens is 2. The Morgan fingerprint density at radius 2 is 1.83 bits per heavy atom. The lowest BCUT2D eigenvalue weighted by Crippen LogP contribution is -2.37. The van der Waals surface area contributed by atoms with Gasteiger partial charge in [-0.15, -0.1) is 10.2 Å². The zero-order chi connectivity index (χ0) is 21.6. The molecule has 0 bridgehead atoms. The van der Waals surface area contributed by atoms with Gasteiger partial charge in [-0.05, 0) is 16.8 Å². The minimum absolute atomic E-state index is 0.0365. The van der Waals surface area contributed by atoms with E-state index in [9.17, 15) is 9.59 Å². The van der Waals surface area contributed by atoms with Crippen molar-refractivity contribution in [1.29, 1.82) is 0 Å². The molecule has 3 aromatic heterocycles. The van der Waals surface area contributed by atoms with Gasteiger partial charge in [0.05, 0.1) is 13.4 Å². The van der Waals surface area contributed by atoms with Crippen LogP contribution in [0.15, 0.2) is 6.33 Å². The Morgan fingerprint density at radius 1 is 1.13 bits per heavy atom. The van der Waals surface area contributed by atoms with E-state index in [1.165, 1.54) is 29.5 Å². The largest absolute Gasteiger partial charge is 0.455 e. The standard InChI is InChI=1S/C15H14Cl2N8O5/c1-5(26)28-8-9(12-21-23-24(3)22-12)30-14(10(8)29-6(2)27)25-4-18-7-11(16)19-15(17)20-13(7)25/h4,8-10,14H,1-3H3. The molecule has 0 radical (unpaired) electrons. The topological polar surface area (TPSA) is 149 Å². The maximum atomic E-state index is 11.8. The summed E-state index contributed by atoms with van der Waals surface area (Å²) in [5.41, 5.74) is 0.493. The summed E-state index contributed by atoms with van der Waals surface area (Å²) in [6.07, 6.45) is -2.77. The third kappa shape index (κ3) is 3.66. The first kappa shape index (κ1) is 20.4. The highest BCUT2D eigenvalue weighted by molar-refractivity contribution is 6.35. The first-order valence-corrected chi connectivity index (χ1v) is 9.29. The number of hydrogen-bond acceptors (Lipinski definition) is 11. The SMILES string of the molecule is CC(=O)OC1C(c2nnn(C)n2)OC(n2cnc3c(Cl)nc(Cl)nc32)C1OC(C)=O. The maximum Gasteiger partial charge on any atom is 0.303 e. The number of tetrazole rings is 1. The van der Waals surface area contributed by atoms with E-state index in [1.807, 2.05) is 0 Å². The van der Waals surface area contributed by atoms with Crippen molar-refractivity contribution in [3.05, 3.63) is 22.6 Å². The first-order chi connectivity index (χ1) is 14.2. The molecule has 0 aromatic carbocycles. The van der Waals surface area contributed by atoms with Gasteiger partial charge in [-0.3, -0.25) is 14.2 Å². The number of aryl methyl sites for hydroxylation is 1. The number of imidazole rings is 1. The van der Waals surface area contributed by atoms with Crippen LogP contribution in [0, 0.1) is 0 Å². The Kier molecular flexibility index (Phi) is 5.26. The van der Waals surface area contributed by atoms with Crippen LogP contribution in [0.2, 0.25) is 10.4 Å². The molecule has 4 unspecified atom stereocenters. The predicted molar refractivity (Wildman–Crippen MR) is 98.1 cm³/mol. The maximum absolute atomic E-state index is 11.8. The number of nitrogens with zero attached hydrogens (tertiary/aromatic N) is 8. The van der Waals surface area contributed by atoms with E-state index in [4.69, 9.17) is 37.4 Å². The normalized spacial score (nSPS) is 23.6. The van der Waals surface area contributed by atoms with Crippen LogP contribution in [-0.2, 0) is 30.8 Å².